The van der Waals surface area contributed by atoms with E-state index < -0.39 is 12.6 Å². The first kappa shape index (κ1) is 22.6. The molecule has 1 aromatic carbocycles. The molecule has 0 spiro atoms. The molecule has 0 bridgehead atoms. The van der Waals surface area contributed by atoms with Crippen molar-refractivity contribution in [3.05, 3.63) is 27.7 Å². The second kappa shape index (κ2) is 11.3. The van der Waals surface area contributed by atoms with Gasteiger partial charge in [0.15, 0.2) is 12.4 Å². The first-order chi connectivity index (χ1) is 12.3. The molecule has 0 aliphatic rings. The Morgan fingerprint density at radius 1 is 1.27 bits per heavy atom. The van der Waals surface area contributed by atoms with Crippen LogP contribution in [-0.2, 0) is 9.59 Å². The third kappa shape index (κ3) is 7.05. The van der Waals surface area contributed by atoms with Crippen LogP contribution in [0.25, 0.3) is 0 Å². The van der Waals surface area contributed by atoms with Gasteiger partial charge in [-0.05, 0) is 18.6 Å². The van der Waals surface area contributed by atoms with E-state index in [9.17, 15) is 14.4 Å². The Kier molecular flexibility index (Phi) is 9.83. The number of amides is 1. The van der Waals surface area contributed by atoms with Crippen molar-refractivity contribution in [2.75, 3.05) is 24.7 Å². The minimum Gasteiger partial charge on any atom is -0.480 e. The van der Waals surface area contributed by atoms with Gasteiger partial charge in [0.25, 0.3) is 0 Å². The average molecular weight is 422 g/mol. The SMILES string of the molecule is CCC(CSCCNC(C)=O)C(=O)c1ccc(OCC(=O)O)c(Cl)c1Cl. The standard InChI is InChI=1S/C17H21Cl2NO5S/c1-3-11(9-26-7-6-20-10(2)21)17(24)12-4-5-13(16(19)15(12)18)25-8-14(22)23/h4-5,11H,3,6-9H2,1-2H3,(H,20,21)(H,22,23). The smallest absolute Gasteiger partial charge is 0.341 e. The summed E-state index contributed by atoms with van der Waals surface area (Å²) in [5, 5.41) is 11.4. The first-order valence-corrected chi connectivity index (χ1v) is 9.87. The summed E-state index contributed by atoms with van der Waals surface area (Å²) in [5.41, 5.74) is 0.286. The van der Waals surface area contributed by atoms with Gasteiger partial charge in [-0.1, -0.05) is 30.1 Å². The lowest BCUT2D eigenvalue weighted by Gasteiger charge is -2.16. The molecule has 26 heavy (non-hydrogen) atoms. The molecule has 0 aromatic heterocycles. The van der Waals surface area contributed by atoms with Gasteiger partial charge in [-0.15, -0.1) is 0 Å². The predicted molar refractivity (Wildman–Crippen MR) is 104 cm³/mol. The zero-order valence-corrected chi connectivity index (χ0v) is 16.8. The van der Waals surface area contributed by atoms with Crippen molar-refractivity contribution in [2.24, 2.45) is 5.92 Å². The highest BCUT2D eigenvalue weighted by molar-refractivity contribution is 7.99. The summed E-state index contributed by atoms with van der Waals surface area (Å²) in [5.74, 6) is -0.166. The van der Waals surface area contributed by atoms with Crippen LogP contribution in [0.4, 0.5) is 0 Å². The summed E-state index contributed by atoms with van der Waals surface area (Å²) in [4.78, 5) is 34.1. The summed E-state index contributed by atoms with van der Waals surface area (Å²) >= 11 is 13.9. The molecule has 144 valence electrons. The Morgan fingerprint density at radius 2 is 1.96 bits per heavy atom. The largest absolute Gasteiger partial charge is 0.480 e. The number of benzene rings is 1. The molecule has 0 fully saturated rings. The molecule has 1 unspecified atom stereocenters. The number of aliphatic carboxylic acids is 1. The summed E-state index contributed by atoms with van der Waals surface area (Å²) in [6, 6.07) is 2.94. The van der Waals surface area contributed by atoms with Crippen LogP contribution >= 0.6 is 35.0 Å². The second-order valence-corrected chi connectivity index (χ2v) is 7.35. The Morgan fingerprint density at radius 3 is 2.54 bits per heavy atom. The van der Waals surface area contributed by atoms with Crippen LogP contribution in [0.3, 0.4) is 0 Å². The number of halogens is 2. The minimum atomic E-state index is -1.14. The van der Waals surface area contributed by atoms with E-state index in [0.717, 1.165) is 0 Å². The zero-order valence-electron chi connectivity index (χ0n) is 14.5. The van der Waals surface area contributed by atoms with Crippen LogP contribution in [0.1, 0.15) is 30.6 Å². The first-order valence-electron chi connectivity index (χ1n) is 7.96. The molecular weight excluding hydrogens is 401 g/mol. The molecular formula is C17H21Cl2NO5S. The number of ketones is 1. The maximum Gasteiger partial charge on any atom is 0.341 e. The number of thioether (sulfide) groups is 1. The van der Waals surface area contributed by atoms with Crippen molar-refractivity contribution in [1.82, 2.24) is 5.32 Å². The Hall–Kier alpha value is -1.44. The van der Waals surface area contributed by atoms with E-state index in [1.54, 1.807) is 11.8 Å². The lowest BCUT2D eigenvalue weighted by molar-refractivity contribution is -0.139. The lowest BCUT2D eigenvalue weighted by Crippen LogP contribution is -2.23. The fraction of sp³-hybridized carbons (Fsp3) is 0.471. The number of ether oxygens (including phenoxy) is 1. The Bertz CT molecular complexity index is 669. The number of hydrogen-bond donors (Lipinski definition) is 2. The highest BCUT2D eigenvalue weighted by Gasteiger charge is 2.23. The van der Waals surface area contributed by atoms with Crippen LogP contribution in [0.2, 0.25) is 10.0 Å². The van der Waals surface area contributed by atoms with Gasteiger partial charge in [0.05, 0.1) is 5.02 Å². The van der Waals surface area contributed by atoms with E-state index in [2.05, 4.69) is 5.32 Å². The van der Waals surface area contributed by atoms with Crippen LogP contribution in [0.5, 0.6) is 5.75 Å². The number of carbonyl (C=O) groups excluding carboxylic acids is 2. The molecule has 0 saturated carbocycles. The third-order valence-electron chi connectivity index (χ3n) is 3.47. The van der Waals surface area contributed by atoms with Gasteiger partial charge in [-0.2, -0.15) is 11.8 Å². The number of carboxylic acid groups (broad SMARTS) is 1. The van der Waals surface area contributed by atoms with Crippen molar-refractivity contribution in [2.45, 2.75) is 20.3 Å². The van der Waals surface area contributed by atoms with E-state index in [1.165, 1.54) is 19.1 Å². The van der Waals surface area contributed by atoms with Crippen molar-refractivity contribution < 1.29 is 24.2 Å². The molecule has 0 heterocycles. The van der Waals surface area contributed by atoms with E-state index in [-0.39, 0.29) is 39.0 Å². The van der Waals surface area contributed by atoms with Gasteiger partial charge in [-0.3, -0.25) is 9.59 Å². The average Bonchev–Trinajstić information content (AvgIpc) is 2.58. The number of Topliss-reactive ketones (excluding diaryl/α,β-unsaturated/α-hetero) is 1. The second-order valence-electron chi connectivity index (χ2n) is 5.45. The highest BCUT2D eigenvalue weighted by Crippen LogP contribution is 2.36. The molecule has 0 aliphatic heterocycles. The van der Waals surface area contributed by atoms with Gasteiger partial charge in [0, 0.05) is 36.5 Å². The number of rotatable bonds is 11. The van der Waals surface area contributed by atoms with Crippen LogP contribution in [0, 0.1) is 5.92 Å². The number of nitrogens with one attached hydrogen (secondary N) is 1. The van der Waals surface area contributed by atoms with Gasteiger partial charge in [0.2, 0.25) is 5.91 Å². The summed E-state index contributed by atoms with van der Waals surface area (Å²) in [6.07, 6.45) is 0.636. The molecule has 1 amide bonds. The summed E-state index contributed by atoms with van der Waals surface area (Å²) in [7, 11) is 0. The van der Waals surface area contributed by atoms with Gasteiger partial charge >= 0.3 is 5.97 Å². The number of hydrogen-bond acceptors (Lipinski definition) is 5. The molecule has 9 heteroatoms. The minimum absolute atomic E-state index is 0.0203. The van der Waals surface area contributed by atoms with Crippen LogP contribution < -0.4 is 10.1 Å². The monoisotopic (exact) mass is 421 g/mol. The maximum atomic E-state index is 12.7. The van der Waals surface area contributed by atoms with Crippen molar-refractivity contribution in [3.63, 3.8) is 0 Å². The van der Waals surface area contributed by atoms with Gasteiger partial charge < -0.3 is 15.2 Å². The normalized spacial score (nSPS) is 11.7. The van der Waals surface area contributed by atoms with Crippen LogP contribution in [-0.4, -0.2) is 47.4 Å². The fourth-order valence-corrected chi connectivity index (χ4v) is 3.65. The highest BCUT2D eigenvalue weighted by atomic mass is 35.5. The van der Waals surface area contributed by atoms with E-state index >= 15 is 0 Å². The molecule has 0 saturated heterocycles. The number of carbonyl (C=O) groups is 3. The van der Waals surface area contributed by atoms with Gasteiger partial charge in [-0.25, -0.2) is 4.79 Å². The third-order valence-corrected chi connectivity index (χ3v) is 5.46. The molecule has 1 aromatic rings. The maximum absolute atomic E-state index is 12.7. The molecule has 2 N–H and O–H groups in total. The van der Waals surface area contributed by atoms with E-state index in [4.69, 9.17) is 33.0 Å². The topological polar surface area (TPSA) is 92.7 Å². The fourth-order valence-electron chi connectivity index (χ4n) is 2.10. The van der Waals surface area contributed by atoms with Crippen molar-refractivity contribution >= 4 is 52.6 Å². The Labute approximate surface area is 166 Å². The van der Waals surface area contributed by atoms with Gasteiger partial charge in [0.1, 0.15) is 10.8 Å². The number of carboxylic acids is 1. The molecule has 0 radical (unpaired) electrons. The van der Waals surface area contributed by atoms with Crippen molar-refractivity contribution in [1.29, 1.82) is 0 Å². The molecule has 6 nitrogen and oxygen atoms in total. The van der Waals surface area contributed by atoms with E-state index in [0.29, 0.717) is 24.5 Å². The summed E-state index contributed by atoms with van der Waals surface area (Å²) in [6.45, 7) is 3.37. The molecule has 1 rings (SSSR count). The Balaban J connectivity index is 2.75. The zero-order chi connectivity index (χ0) is 19.7. The van der Waals surface area contributed by atoms with Crippen LogP contribution in [0.15, 0.2) is 12.1 Å². The lowest BCUT2D eigenvalue weighted by atomic mass is 9.97. The molecule has 1 atom stereocenters. The molecule has 0 aliphatic carbocycles. The van der Waals surface area contributed by atoms with Crippen molar-refractivity contribution in [3.8, 4) is 5.75 Å². The summed E-state index contributed by atoms with van der Waals surface area (Å²) < 4.78 is 5.05. The quantitative estimate of drug-likeness (QED) is 0.419. The predicted octanol–water partition coefficient (Wildman–Crippen LogP) is 3.54. The van der Waals surface area contributed by atoms with E-state index in [1.807, 2.05) is 6.92 Å².